The van der Waals surface area contributed by atoms with Gasteiger partial charge in [-0.1, -0.05) is 53.0 Å². The van der Waals surface area contributed by atoms with Gasteiger partial charge in [-0.2, -0.15) is 0 Å². The maximum absolute atomic E-state index is 12.7. The molecule has 1 fully saturated rings. The second kappa shape index (κ2) is 10.4. The lowest BCUT2D eigenvalue weighted by molar-refractivity contribution is -0.118. The van der Waals surface area contributed by atoms with Gasteiger partial charge in [-0.15, -0.1) is 0 Å². The molecule has 3 aromatic rings. The van der Waals surface area contributed by atoms with E-state index >= 15 is 0 Å². The summed E-state index contributed by atoms with van der Waals surface area (Å²) in [5.74, 6) is -1.45. The Morgan fingerprint density at radius 1 is 1.06 bits per heavy atom. The number of rotatable bonds is 6. The van der Waals surface area contributed by atoms with Crippen LogP contribution in [0.5, 0.6) is 0 Å². The quantitative estimate of drug-likeness (QED) is 0.494. The highest BCUT2D eigenvalue weighted by Crippen LogP contribution is 2.37. The third kappa shape index (κ3) is 5.34. The van der Waals surface area contributed by atoms with Gasteiger partial charge in [0.15, 0.2) is 0 Å². The smallest absolute Gasteiger partial charge is 0.231 e. The first-order chi connectivity index (χ1) is 15.8. The van der Waals surface area contributed by atoms with Crippen LogP contribution in [0.1, 0.15) is 28.3 Å². The fraction of sp³-hybridized carbons (Fsp3) is 0.280. The van der Waals surface area contributed by atoms with Gasteiger partial charge in [-0.05, 0) is 48.4 Å². The van der Waals surface area contributed by atoms with Gasteiger partial charge in [0.25, 0.3) is 0 Å². The summed E-state index contributed by atoms with van der Waals surface area (Å²) in [6.45, 7) is 6.45. The van der Waals surface area contributed by atoms with Gasteiger partial charge in [0, 0.05) is 58.9 Å². The summed E-state index contributed by atoms with van der Waals surface area (Å²) in [5.41, 5.74) is 10.4. The first kappa shape index (κ1) is 24.0. The monoisotopic (exact) mass is 502 g/mol. The van der Waals surface area contributed by atoms with Crippen LogP contribution in [0.2, 0.25) is 15.1 Å². The van der Waals surface area contributed by atoms with Crippen molar-refractivity contribution in [3.05, 3.63) is 86.0 Å². The molecule has 0 aliphatic carbocycles. The first-order valence-corrected chi connectivity index (χ1v) is 11.9. The lowest BCUT2D eigenvalue weighted by atomic mass is 9.92. The zero-order chi connectivity index (χ0) is 23.5. The summed E-state index contributed by atoms with van der Waals surface area (Å²) < 4.78 is 0. The van der Waals surface area contributed by atoms with Gasteiger partial charge in [0.05, 0.1) is 11.4 Å². The van der Waals surface area contributed by atoms with E-state index < -0.39 is 11.8 Å². The van der Waals surface area contributed by atoms with Gasteiger partial charge in [-0.3, -0.25) is 14.7 Å². The van der Waals surface area contributed by atoms with Crippen molar-refractivity contribution < 1.29 is 4.79 Å². The zero-order valence-electron chi connectivity index (χ0n) is 18.2. The van der Waals surface area contributed by atoms with Gasteiger partial charge in [0.2, 0.25) is 5.91 Å². The van der Waals surface area contributed by atoms with Gasteiger partial charge in [-0.25, -0.2) is 0 Å². The summed E-state index contributed by atoms with van der Waals surface area (Å²) >= 11 is 19.3. The Kier molecular flexibility index (Phi) is 7.57. The number of piperazine rings is 1. The van der Waals surface area contributed by atoms with Crippen LogP contribution in [-0.4, -0.2) is 42.0 Å². The minimum Gasteiger partial charge on any atom is -0.369 e. The molecule has 1 atom stereocenters. The van der Waals surface area contributed by atoms with E-state index in [1.807, 2.05) is 31.2 Å². The summed E-state index contributed by atoms with van der Waals surface area (Å²) in [6.07, 6.45) is 0. The van der Waals surface area contributed by atoms with Crippen molar-refractivity contribution in [3.63, 3.8) is 0 Å². The molecular formula is C25H25Cl3N4O. The van der Waals surface area contributed by atoms with Gasteiger partial charge in [0.1, 0.15) is 5.92 Å². The van der Waals surface area contributed by atoms with Crippen molar-refractivity contribution in [2.75, 3.05) is 26.2 Å². The average molecular weight is 504 g/mol. The Bertz CT molecular complexity index is 1160. The van der Waals surface area contributed by atoms with E-state index in [-0.39, 0.29) is 0 Å². The van der Waals surface area contributed by atoms with Crippen molar-refractivity contribution in [2.45, 2.75) is 19.4 Å². The first-order valence-electron chi connectivity index (χ1n) is 10.8. The Morgan fingerprint density at radius 3 is 2.36 bits per heavy atom. The number of primary amides is 1. The molecule has 33 heavy (non-hydrogen) atoms. The van der Waals surface area contributed by atoms with Crippen LogP contribution in [0.15, 0.2) is 48.5 Å². The molecule has 1 aliphatic heterocycles. The maximum Gasteiger partial charge on any atom is 0.231 e. The van der Waals surface area contributed by atoms with Crippen molar-refractivity contribution in [3.8, 4) is 11.3 Å². The molecule has 3 N–H and O–H groups in total. The molecule has 0 spiro atoms. The number of pyridine rings is 1. The molecule has 1 aliphatic rings. The Morgan fingerprint density at radius 2 is 1.70 bits per heavy atom. The molecule has 4 rings (SSSR count). The van der Waals surface area contributed by atoms with E-state index in [1.54, 1.807) is 18.2 Å². The van der Waals surface area contributed by atoms with Crippen LogP contribution in [0, 0.1) is 6.92 Å². The fourth-order valence-electron chi connectivity index (χ4n) is 4.22. The predicted molar refractivity (Wildman–Crippen MR) is 135 cm³/mol. The molecule has 0 bridgehead atoms. The third-order valence-electron chi connectivity index (χ3n) is 5.93. The minimum absolute atomic E-state index is 0.376. The van der Waals surface area contributed by atoms with Crippen LogP contribution in [0.3, 0.4) is 0 Å². The number of nitrogens with zero attached hydrogens (tertiary/aromatic N) is 2. The van der Waals surface area contributed by atoms with Crippen LogP contribution in [0.25, 0.3) is 11.3 Å². The highest BCUT2D eigenvalue weighted by molar-refractivity contribution is 6.36. The molecule has 0 radical (unpaired) electrons. The Hall–Kier alpha value is -2.15. The van der Waals surface area contributed by atoms with E-state index in [0.717, 1.165) is 55.1 Å². The number of nitrogens with two attached hydrogens (primary N) is 1. The van der Waals surface area contributed by atoms with Crippen LogP contribution in [0.4, 0.5) is 0 Å². The lowest BCUT2D eigenvalue weighted by Crippen LogP contribution is -2.42. The molecular weight excluding hydrogens is 479 g/mol. The molecule has 2 aromatic carbocycles. The maximum atomic E-state index is 12.7. The van der Waals surface area contributed by atoms with E-state index in [9.17, 15) is 4.79 Å². The van der Waals surface area contributed by atoms with Crippen molar-refractivity contribution >= 4 is 40.7 Å². The molecule has 172 valence electrons. The SMILES string of the molecule is Cc1c(Cl)cccc1-c1cc(CN2CCNCC2)cc(C(C(N)=O)c2c(Cl)cccc2Cl)n1. The zero-order valence-corrected chi connectivity index (χ0v) is 20.5. The predicted octanol–water partition coefficient (Wildman–Crippen LogP) is 5.04. The molecule has 8 heteroatoms. The van der Waals surface area contributed by atoms with E-state index in [0.29, 0.717) is 26.3 Å². The van der Waals surface area contributed by atoms with E-state index in [4.69, 9.17) is 45.5 Å². The second-order valence-corrected chi connectivity index (χ2v) is 9.42. The molecule has 2 heterocycles. The minimum atomic E-state index is -0.882. The summed E-state index contributed by atoms with van der Waals surface area (Å²) in [6, 6.07) is 14.8. The van der Waals surface area contributed by atoms with Crippen molar-refractivity contribution in [2.24, 2.45) is 5.73 Å². The van der Waals surface area contributed by atoms with E-state index in [2.05, 4.69) is 16.3 Å². The van der Waals surface area contributed by atoms with Gasteiger partial charge >= 0.3 is 0 Å². The number of amides is 1. The molecule has 1 aromatic heterocycles. The molecule has 1 unspecified atom stereocenters. The Labute approximate surface area is 208 Å². The number of carbonyl (C=O) groups excluding carboxylic acids is 1. The van der Waals surface area contributed by atoms with E-state index in [1.165, 1.54) is 0 Å². The number of hydrogen-bond donors (Lipinski definition) is 2. The summed E-state index contributed by atoms with van der Waals surface area (Å²) in [5, 5.41) is 4.78. The second-order valence-electron chi connectivity index (χ2n) is 8.19. The van der Waals surface area contributed by atoms with Crippen LogP contribution in [-0.2, 0) is 11.3 Å². The summed E-state index contributed by atoms with van der Waals surface area (Å²) in [4.78, 5) is 19.9. The van der Waals surface area contributed by atoms with Crippen LogP contribution >= 0.6 is 34.8 Å². The largest absolute Gasteiger partial charge is 0.369 e. The molecule has 1 saturated heterocycles. The number of halogens is 3. The standard InChI is InChI=1S/C25H25Cl3N4O/c1-15-17(4-2-5-18(15)26)21-12-16(14-32-10-8-30-9-11-32)13-22(31-21)24(25(29)33)23-19(27)6-3-7-20(23)28/h2-7,12-13,24,30H,8-11,14H2,1H3,(H2,29,33). The summed E-state index contributed by atoms with van der Waals surface area (Å²) in [7, 11) is 0. The highest BCUT2D eigenvalue weighted by atomic mass is 35.5. The van der Waals surface area contributed by atoms with Gasteiger partial charge < -0.3 is 11.1 Å². The number of carbonyl (C=O) groups is 1. The normalized spacial score (nSPS) is 15.4. The molecule has 0 saturated carbocycles. The number of aromatic nitrogens is 1. The average Bonchev–Trinajstić information content (AvgIpc) is 2.78. The Balaban J connectivity index is 1.87. The highest BCUT2D eigenvalue weighted by Gasteiger charge is 2.28. The number of nitrogens with one attached hydrogen (secondary N) is 1. The van der Waals surface area contributed by atoms with Crippen LogP contribution < -0.4 is 11.1 Å². The fourth-order valence-corrected chi connectivity index (χ4v) is 5.01. The molecule has 1 amide bonds. The third-order valence-corrected chi connectivity index (χ3v) is 7.00. The number of hydrogen-bond acceptors (Lipinski definition) is 4. The van der Waals surface area contributed by atoms with Crippen molar-refractivity contribution in [1.82, 2.24) is 15.2 Å². The lowest BCUT2D eigenvalue weighted by Gasteiger charge is -2.28. The molecule has 5 nitrogen and oxygen atoms in total. The topological polar surface area (TPSA) is 71.2 Å². The van der Waals surface area contributed by atoms with Crippen molar-refractivity contribution in [1.29, 1.82) is 0 Å². The number of benzene rings is 2.